The third-order valence-electron chi connectivity index (χ3n) is 4.83. The molecule has 2 N–H and O–H groups in total. The molecule has 2 aromatic rings. The van der Waals surface area contributed by atoms with Crippen molar-refractivity contribution in [3.05, 3.63) is 41.7 Å². The van der Waals surface area contributed by atoms with E-state index >= 15 is 0 Å². The van der Waals surface area contributed by atoms with Crippen molar-refractivity contribution in [2.24, 2.45) is 5.92 Å². The van der Waals surface area contributed by atoms with Gasteiger partial charge in [-0.15, -0.1) is 0 Å². The number of halogens is 1. The number of carbonyl (C=O) groups is 2. The Bertz CT molecular complexity index is 874. The van der Waals surface area contributed by atoms with Gasteiger partial charge >= 0.3 is 0 Å². The number of nitrogens with one attached hydrogen (secondary N) is 2. The van der Waals surface area contributed by atoms with E-state index in [9.17, 15) is 9.59 Å². The summed E-state index contributed by atoms with van der Waals surface area (Å²) in [5, 5.41) is 7.12. The van der Waals surface area contributed by atoms with Crippen LogP contribution in [0.5, 0.6) is 0 Å². The maximum atomic E-state index is 12.2. The minimum atomic E-state index is -0.124. The van der Waals surface area contributed by atoms with E-state index in [4.69, 9.17) is 11.6 Å². The largest absolute Gasteiger partial charge is 0.356 e. The summed E-state index contributed by atoms with van der Waals surface area (Å²) >= 11 is 7.30. The van der Waals surface area contributed by atoms with Crippen molar-refractivity contribution in [1.82, 2.24) is 15.3 Å². The second kappa shape index (κ2) is 11.2. The topological polar surface area (TPSA) is 87.2 Å². The first-order chi connectivity index (χ1) is 14.5. The van der Waals surface area contributed by atoms with Gasteiger partial charge in [-0.25, -0.2) is 9.97 Å². The molecule has 3 rings (SSSR count). The van der Waals surface area contributed by atoms with Crippen molar-refractivity contribution in [1.29, 1.82) is 0 Å². The van der Waals surface area contributed by atoms with E-state index in [1.54, 1.807) is 24.3 Å². The van der Waals surface area contributed by atoms with Gasteiger partial charge in [-0.05, 0) is 37.5 Å². The van der Waals surface area contributed by atoms with Gasteiger partial charge in [0.05, 0.1) is 5.75 Å². The van der Waals surface area contributed by atoms with Crippen LogP contribution in [0.4, 0.5) is 11.5 Å². The van der Waals surface area contributed by atoms with Crippen molar-refractivity contribution in [2.75, 3.05) is 35.6 Å². The van der Waals surface area contributed by atoms with E-state index in [0.29, 0.717) is 10.7 Å². The Morgan fingerprint density at radius 1 is 1.23 bits per heavy atom. The van der Waals surface area contributed by atoms with Crippen molar-refractivity contribution < 1.29 is 9.59 Å². The number of hydrogen-bond acceptors (Lipinski definition) is 6. The molecule has 1 aromatic carbocycles. The highest BCUT2D eigenvalue weighted by molar-refractivity contribution is 7.99. The van der Waals surface area contributed by atoms with Crippen LogP contribution in [0.1, 0.15) is 26.2 Å². The molecule has 1 aliphatic rings. The maximum Gasteiger partial charge on any atom is 0.234 e. The Morgan fingerprint density at radius 3 is 2.77 bits per heavy atom. The third-order valence-corrected chi connectivity index (χ3v) is 5.99. The second-order valence-electron chi connectivity index (χ2n) is 7.11. The number of amides is 2. The van der Waals surface area contributed by atoms with Crippen molar-refractivity contribution >= 4 is 46.7 Å². The number of rotatable bonds is 8. The molecule has 1 fully saturated rings. The smallest absolute Gasteiger partial charge is 0.234 e. The summed E-state index contributed by atoms with van der Waals surface area (Å²) < 4.78 is 0. The summed E-state index contributed by atoms with van der Waals surface area (Å²) in [6.07, 6.45) is 4.09. The third kappa shape index (κ3) is 6.60. The molecular formula is C21H26ClN5O2S. The van der Waals surface area contributed by atoms with Crippen LogP contribution in [0, 0.1) is 5.92 Å². The Kier molecular flexibility index (Phi) is 8.33. The lowest BCUT2D eigenvalue weighted by Crippen LogP contribution is -2.41. The van der Waals surface area contributed by atoms with Gasteiger partial charge in [-0.2, -0.15) is 0 Å². The summed E-state index contributed by atoms with van der Waals surface area (Å²) in [5.74, 6) is 1.17. The molecule has 0 spiro atoms. The number of piperidine rings is 1. The Labute approximate surface area is 186 Å². The molecule has 0 bridgehead atoms. The predicted molar refractivity (Wildman–Crippen MR) is 121 cm³/mol. The zero-order valence-electron chi connectivity index (χ0n) is 16.9. The minimum absolute atomic E-state index is 0.0682. The summed E-state index contributed by atoms with van der Waals surface area (Å²) in [5.41, 5.74) is 0.669. The number of hydrogen-bond donors (Lipinski definition) is 2. The molecule has 30 heavy (non-hydrogen) atoms. The number of carbonyl (C=O) groups excluding carboxylic acids is 2. The molecule has 2 heterocycles. The molecule has 0 atom stereocenters. The maximum absolute atomic E-state index is 12.2. The molecule has 0 unspecified atom stereocenters. The first-order valence-corrected chi connectivity index (χ1v) is 11.4. The predicted octanol–water partition coefficient (Wildman–Crippen LogP) is 3.60. The Balaban J connectivity index is 1.49. The van der Waals surface area contributed by atoms with Crippen LogP contribution in [0.2, 0.25) is 5.02 Å². The molecule has 0 aliphatic carbocycles. The Hall–Kier alpha value is -2.32. The number of benzene rings is 1. The summed E-state index contributed by atoms with van der Waals surface area (Å²) in [6, 6.07) is 8.95. The average Bonchev–Trinajstić information content (AvgIpc) is 2.76. The fourth-order valence-electron chi connectivity index (χ4n) is 3.25. The van der Waals surface area contributed by atoms with Gasteiger partial charge in [0.15, 0.2) is 0 Å². The molecule has 9 heteroatoms. The molecule has 7 nitrogen and oxygen atoms in total. The monoisotopic (exact) mass is 447 g/mol. The highest BCUT2D eigenvalue weighted by Gasteiger charge is 2.25. The van der Waals surface area contributed by atoms with Crippen molar-refractivity contribution in [2.45, 2.75) is 31.2 Å². The van der Waals surface area contributed by atoms with Gasteiger partial charge < -0.3 is 15.5 Å². The van der Waals surface area contributed by atoms with E-state index in [2.05, 4.69) is 32.4 Å². The highest BCUT2D eigenvalue weighted by Crippen LogP contribution is 2.25. The minimum Gasteiger partial charge on any atom is -0.356 e. The summed E-state index contributed by atoms with van der Waals surface area (Å²) in [4.78, 5) is 35.1. The molecule has 1 aliphatic heterocycles. The SMILES string of the molecule is CCCNC(=O)C1CCN(c2cc(SCC(=O)Nc3cccc(Cl)c3)ncn2)CC1. The summed E-state index contributed by atoms with van der Waals surface area (Å²) in [7, 11) is 0. The molecular weight excluding hydrogens is 422 g/mol. The molecule has 0 saturated carbocycles. The van der Waals surface area contributed by atoms with Gasteiger partial charge in [-0.3, -0.25) is 9.59 Å². The molecule has 160 valence electrons. The van der Waals surface area contributed by atoms with E-state index in [-0.39, 0.29) is 23.5 Å². The van der Waals surface area contributed by atoms with Crippen LogP contribution in [0.15, 0.2) is 41.7 Å². The van der Waals surface area contributed by atoms with Crippen LogP contribution < -0.4 is 15.5 Å². The van der Waals surface area contributed by atoms with Crippen LogP contribution in [0.3, 0.4) is 0 Å². The van der Waals surface area contributed by atoms with Crippen LogP contribution in [-0.4, -0.2) is 47.2 Å². The van der Waals surface area contributed by atoms with Gasteiger partial charge in [0, 0.05) is 42.3 Å². The van der Waals surface area contributed by atoms with Crippen molar-refractivity contribution in [3.8, 4) is 0 Å². The fraction of sp³-hybridized carbons (Fsp3) is 0.429. The van der Waals surface area contributed by atoms with Crippen LogP contribution in [-0.2, 0) is 9.59 Å². The van der Waals surface area contributed by atoms with E-state index in [0.717, 1.165) is 49.7 Å². The second-order valence-corrected chi connectivity index (χ2v) is 8.55. The zero-order valence-corrected chi connectivity index (χ0v) is 18.5. The van der Waals surface area contributed by atoms with Gasteiger partial charge in [-0.1, -0.05) is 36.4 Å². The molecule has 1 aromatic heterocycles. The Morgan fingerprint density at radius 2 is 2.03 bits per heavy atom. The van der Waals surface area contributed by atoms with Gasteiger partial charge in [0.2, 0.25) is 11.8 Å². The lowest BCUT2D eigenvalue weighted by molar-refractivity contribution is -0.125. The summed E-state index contributed by atoms with van der Waals surface area (Å²) in [6.45, 7) is 4.34. The number of anilines is 2. The fourth-order valence-corrected chi connectivity index (χ4v) is 4.10. The number of thioether (sulfide) groups is 1. The van der Waals surface area contributed by atoms with Crippen molar-refractivity contribution in [3.63, 3.8) is 0 Å². The quantitative estimate of drug-likeness (QED) is 0.475. The van der Waals surface area contributed by atoms with E-state index in [1.807, 2.05) is 6.07 Å². The number of aromatic nitrogens is 2. The first kappa shape index (κ1) is 22.4. The van der Waals surface area contributed by atoms with E-state index < -0.39 is 0 Å². The highest BCUT2D eigenvalue weighted by atomic mass is 35.5. The number of nitrogens with zero attached hydrogens (tertiary/aromatic N) is 3. The zero-order chi connectivity index (χ0) is 21.3. The van der Waals surface area contributed by atoms with Gasteiger partial charge in [0.25, 0.3) is 0 Å². The van der Waals surface area contributed by atoms with E-state index in [1.165, 1.54) is 18.1 Å². The normalized spacial score (nSPS) is 14.4. The average molecular weight is 448 g/mol. The lowest BCUT2D eigenvalue weighted by atomic mass is 9.96. The molecule has 2 amide bonds. The first-order valence-electron chi connectivity index (χ1n) is 10.1. The lowest BCUT2D eigenvalue weighted by Gasteiger charge is -2.32. The van der Waals surface area contributed by atoms with Crippen LogP contribution in [0.25, 0.3) is 0 Å². The standard InChI is InChI=1S/C21H26ClN5O2S/c1-2-8-23-21(29)15-6-9-27(10-7-15)18-12-20(25-14-24-18)30-13-19(28)26-17-5-3-4-16(22)11-17/h3-5,11-12,14-15H,2,6-10,13H2,1H3,(H,23,29)(H,26,28). The molecule has 1 saturated heterocycles. The van der Waals surface area contributed by atoms with Crippen LogP contribution >= 0.6 is 23.4 Å². The molecule has 0 radical (unpaired) electrons. The van der Waals surface area contributed by atoms with Gasteiger partial charge in [0.1, 0.15) is 17.2 Å².